The summed E-state index contributed by atoms with van der Waals surface area (Å²) < 4.78 is 11.9. The van der Waals surface area contributed by atoms with Crippen LogP contribution in [0.4, 0.5) is 0 Å². The van der Waals surface area contributed by atoms with Crippen LogP contribution in [-0.2, 0) is 0 Å². The molecule has 90 valence electrons. The number of hydrogen-bond acceptors (Lipinski definition) is 4. The van der Waals surface area contributed by atoms with Crippen LogP contribution in [0.15, 0.2) is 29.3 Å². The third-order valence-electron chi connectivity index (χ3n) is 3.29. The van der Waals surface area contributed by atoms with Crippen LogP contribution in [-0.4, -0.2) is 31.1 Å². The van der Waals surface area contributed by atoms with Crippen molar-refractivity contribution < 1.29 is 9.47 Å². The summed E-state index contributed by atoms with van der Waals surface area (Å²) in [7, 11) is 0. The minimum Gasteiger partial charge on any atom is -0.485 e. The second kappa shape index (κ2) is 3.95. The molecule has 1 N–H and O–H groups in total. The van der Waals surface area contributed by atoms with E-state index in [4.69, 9.17) is 9.47 Å². The van der Waals surface area contributed by atoms with Gasteiger partial charge >= 0.3 is 0 Å². The third kappa shape index (κ3) is 1.64. The van der Waals surface area contributed by atoms with Gasteiger partial charge in [0.2, 0.25) is 0 Å². The summed E-state index contributed by atoms with van der Waals surface area (Å²) in [5.74, 6) is 2.54. The van der Waals surface area contributed by atoms with Gasteiger partial charge in [-0.05, 0) is 18.6 Å². The standard InChI is InChI=1S/C13H16N2O2/c1-2-13(12-14-7-8-15-12)9-16-10-5-3-4-6-11(10)17-13/h3-6H,2,7-9H2,1H3,(H,14,15)/t13-/m1/s1. The molecule has 0 radical (unpaired) electrons. The van der Waals surface area contributed by atoms with E-state index >= 15 is 0 Å². The molecule has 3 rings (SSSR count). The fourth-order valence-corrected chi connectivity index (χ4v) is 2.25. The van der Waals surface area contributed by atoms with Crippen molar-refractivity contribution in [1.29, 1.82) is 0 Å². The highest BCUT2D eigenvalue weighted by Gasteiger charge is 2.42. The Morgan fingerprint density at radius 1 is 1.35 bits per heavy atom. The maximum absolute atomic E-state index is 6.13. The van der Waals surface area contributed by atoms with Crippen molar-refractivity contribution in [1.82, 2.24) is 5.32 Å². The normalized spacial score (nSPS) is 26.3. The highest BCUT2D eigenvalue weighted by Crippen LogP contribution is 2.36. The lowest BCUT2D eigenvalue weighted by Gasteiger charge is -2.37. The molecule has 0 spiro atoms. The quantitative estimate of drug-likeness (QED) is 0.842. The Kier molecular flexibility index (Phi) is 2.42. The molecule has 1 atom stereocenters. The molecule has 17 heavy (non-hydrogen) atoms. The Balaban J connectivity index is 1.94. The van der Waals surface area contributed by atoms with E-state index in [0.717, 1.165) is 36.8 Å². The first-order valence-electron chi connectivity index (χ1n) is 6.04. The van der Waals surface area contributed by atoms with E-state index in [-0.39, 0.29) is 0 Å². The zero-order valence-corrected chi connectivity index (χ0v) is 9.90. The average molecular weight is 232 g/mol. The van der Waals surface area contributed by atoms with Gasteiger partial charge < -0.3 is 14.8 Å². The Morgan fingerprint density at radius 2 is 2.18 bits per heavy atom. The fraction of sp³-hybridized carbons (Fsp3) is 0.462. The van der Waals surface area contributed by atoms with Crippen molar-refractivity contribution in [2.24, 2.45) is 4.99 Å². The highest BCUT2D eigenvalue weighted by atomic mass is 16.6. The van der Waals surface area contributed by atoms with E-state index in [1.165, 1.54) is 0 Å². The third-order valence-corrected chi connectivity index (χ3v) is 3.29. The van der Waals surface area contributed by atoms with Gasteiger partial charge in [0.25, 0.3) is 0 Å². The fourth-order valence-electron chi connectivity index (χ4n) is 2.25. The summed E-state index contributed by atoms with van der Waals surface area (Å²) in [6, 6.07) is 7.78. The van der Waals surface area contributed by atoms with Crippen molar-refractivity contribution >= 4 is 5.84 Å². The van der Waals surface area contributed by atoms with Gasteiger partial charge in [-0.25, -0.2) is 0 Å². The summed E-state index contributed by atoms with van der Waals surface area (Å²) in [6.07, 6.45) is 0.840. The van der Waals surface area contributed by atoms with Crippen molar-refractivity contribution in [2.75, 3.05) is 19.7 Å². The lowest BCUT2D eigenvalue weighted by molar-refractivity contribution is 0.0406. The first-order valence-corrected chi connectivity index (χ1v) is 6.04. The molecule has 4 heteroatoms. The van der Waals surface area contributed by atoms with Crippen molar-refractivity contribution in [3.8, 4) is 11.5 Å². The van der Waals surface area contributed by atoms with Gasteiger partial charge in [-0.1, -0.05) is 19.1 Å². The molecule has 0 aliphatic carbocycles. The minimum absolute atomic E-state index is 0.440. The lowest BCUT2D eigenvalue weighted by atomic mass is 9.98. The number of para-hydroxylation sites is 2. The monoisotopic (exact) mass is 232 g/mol. The lowest BCUT2D eigenvalue weighted by Crippen LogP contribution is -2.55. The number of ether oxygens (including phenoxy) is 2. The van der Waals surface area contributed by atoms with E-state index in [1.807, 2.05) is 24.3 Å². The van der Waals surface area contributed by atoms with Gasteiger partial charge in [0, 0.05) is 6.54 Å². The molecule has 0 amide bonds. The smallest absolute Gasteiger partial charge is 0.199 e. The van der Waals surface area contributed by atoms with Crippen molar-refractivity contribution in [3.63, 3.8) is 0 Å². The number of rotatable bonds is 2. The maximum Gasteiger partial charge on any atom is 0.199 e. The van der Waals surface area contributed by atoms with Crippen LogP contribution in [0.25, 0.3) is 0 Å². The van der Waals surface area contributed by atoms with Gasteiger partial charge in [-0.3, -0.25) is 4.99 Å². The summed E-state index contributed by atoms with van der Waals surface area (Å²) in [5, 5.41) is 3.29. The zero-order chi connectivity index (χ0) is 11.7. The summed E-state index contributed by atoms with van der Waals surface area (Å²) >= 11 is 0. The molecule has 2 aliphatic rings. The van der Waals surface area contributed by atoms with Crippen LogP contribution >= 0.6 is 0 Å². The van der Waals surface area contributed by atoms with Crippen LogP contribution in [0.2, 0.25) is 0 Å². The van der Waals surface area contributed by atoms with Gasteiger partial charge in [-0.2, -0.15) is 0 Å². The highest BCUT2D eigenvalue weighted by molar-refractivity contribution is 5.92. The van der Waals surface area contributed by atoms with E-state index in [1.54, 1.807) is 0 Å². The van der Waals surface area contributed by atoms with Crippen LogP contribution < -0.4 is 14.8 Å². The molecule has 0 saturated carbocycles. The SMILES string of the molecule is CC[C@]1(C2=NCCN2)COc2ccccc2O1. The first kappa shape index (κ1) is 10.4. The zero-order valence-electron chi connectivity index (χ0n) is 9.90. The molecule has 0 fully saturated rings. The Morgan fingerprint density at radius 3 is 2.88 bits per heavy atom. The molecular formula is C13H16N2O2. The number of aliphatic imine (C=N–C) groups is 1. The summed E-state index contributed by atoms with van der Waals surface area (Å²) in [4.78, 5) is 4.48. The van der Waals surface area contributed by atoms with Gasteiger partial charge in [0.1, 0.15) is 12.4 Å². The van der Waals surface area contributed by atoms with Crippen molar-refractivity contribution in [2.45, 2.75) is 18.9 Å². The predicted molar refractivity (Wildman–Crippen MR) is 65.9 cm³/mol. The number of amidine groups is 1. The Bertz CT molecular complexity index is 458. The molecule has 0 bridgehead atoms. The average Bonchev–Trinajstić information content (AvgIpc) is 2.92. The minimum atomic E-state index is -0.440. The number of fused-ring (bicyclic) bond motifs is 1. The molecule has 1 aromatic carbocycles. The number of nitrogens with zero attached hydrogens (tertiary/aromatic N) is 1. The topological polar surface area (TPSA) is 42.9 Å². The largest absolute Gasteiger partial charge is 0.485 e. The second-order valence-corrected chi connectivity index (χ2v) is 4.34. The molecule has 0 unspecified atom stereocenters. The molecule has 2 heterocycles. The maximum atomic E-state index is 6.13. The van der Waals surface area contributed by atoms with E-state index in [9.17, 15) is 0 Å². The number of nitrogens with one attached hydrogen (secondary N) is 1. The van der Waals surface area contributed by atoms with E-state index in [2.05, 4.69) is 17.2 Å². The molecule has 0 aromatic heterocycles. The van der Waals surface area contributed by atoms with Crippen LogP contribution in [0, 0.1) is 0 Å². The number of hydrogen-bond donors (Lipinski definition) is 1. The Labute approximate surface area is 101 Å². The van der Waals surface area contributed by atoms with Gasteiger partial charge in [-0.15, -0.1) is 0 Å². The van der Waals surface area contributed by atoms with E-state index < -0.39 is 5.60 Å². The second-order valence-electron chi connectivity index (χ2n) is 4.34. The molecule has 0 saturated heterocycles. The molecule has 1 aromatic rings. The molecule has 4 nitrogen and oxygen atoms in total. The molecular weight excluding hydrogens is 216 g/mol. The summed E-state index contributed by atoms with van der Waals surface area (Å²) in [6.45, 7) is 4.33. The predicted octanol–water partition coefficient (Wildman–Crippen LogP) is 1.61. The molecule has 2 aliphatic heterocycles. The summed E-state index contributed by atoms with van der Waals surface area (Å²) in [5.41, 5.74) is -0.440. The van der Waals surface area contributed by atoms with Crippen LogP contribution in [0.3, 0.4) is 0 Å². The van der Waals surface area contributed by atoms with Crippen molar-refractivity contribution in [3.05, 3.63) is 24.3 Å². The van der Waals surface area contributed by atoms with E-state index in [0.29, 0.717) is 6.61 Å². The van der Waals surface area contributed by atoms with Gasteiger partial charge in [0.15, 0.2) is 17.1 Å². The first-order chi connectivity index (χ1) is 8.34. The van der Waals surface area contributed by atoms with Gasteiger partial charge in [0.05, 0.1) is 6.54 Å². The number of benzene rings is 1. The Hall–Kier alpha value is -1.71. The van der Waals surface area contributed by atoms with Crippen LogP contribution in [0.5, 0.6) is 11.5 Å². The van der Waals surface area contributed by atoms with Crippen LogP contribution in [0.1, 0.15) is 13.3 Å².